The second-order valence-electron chi connectivity index (χ2n) is 2.42. The second-order valence-corrected chi connectivity index (χ2v) is 2.42. The molecule has 4 nitrogen and oxygen atoms in total. The molecule has 12 heavy (non-hydrogen) atoms. The summed E-state index contributed by atoms with van der Waals surface area (Å²) in [5.74, 6) is -0.661. The van der Waals surface area contributed by atoms with Gasteiger partial charge in [0, 0.05) is 6.04 Å². The van der Waals surface area contributed by atoms with Gasteiger partial charge in [-0.1, -0.05) is 13.3 Å². The van der Waals surface area contributed by atoms with Crippen molar-refractivity contribution in [3.63, 3.8) is 0 Å². The van der Waals surface area contributed by atoms with Crippen LogP contribution in [-0.4, -0.2) is 30.3 Å². The lowest BCUT2D eigenvalue weighted by Gasteiger charge is -2.14. The van der Waals surface area contributed by atoms with Crippen LogP contribution in [0.3, 0.4) is 0 Å². The minimum atomic E-state index is -1.18. The molecule has 0 spiro atoms. The molecule has 2 atom stereocenters. The first-order valence-corrected chi connectivity index (χ1v) is 3.65. The summed E-state index contributed by atoms with van der Waals surface area (Å²) in [5, 5.41) is 9.12. The van der Waals surface area contributed by atoms with E-state index in [4.69, 9.17) is 10.8 Å². The van der Waals surface area contributed by atoms with Crippen LogP contribution in [0.1, 0.15) is 19.8 Å². The number of hydrogen-bond acceptors (Lipinski definition) is 4. The molecule has 0 bridgehead atoms. The fourth-order valence-electron chi connectivity index (χ4n) is 0.787. The number of aliphatic hydroxyl groups is 1. The zero-order chi connectivity index (χ0) is 8.85. The maximum absolute atomic E-state index is 10.7. The van der Waals surface area contributed by atoms with Crippen LogP contribution in [0.2, 0.25) is 0 Å². The van der Waals surface area contributed by atoms with E-state index < -0.39 is 18.1 Å². The summed E-state index contributed by atoms with van der Waals surface area (Å²) in [5.41, 5.74) is 5.45. The zero-order valence-corrected chi connectivity index (χ0v) is 8.13. The highest BCUT2D eigenvalue weighted by Crippen LogP contribution is 2.00. The lowest BCUT2D eigenvalue weighted by atomic mass is 10.1. The summed E-state index contributed by atoms with van der Waals surface area (Å²) in [7, 11) is 1.23. The van der Waals surface area contributed by atoms with Gasteiger partial charge in [-0.25, -0.2) is 4.79 Å². The van der Waals surface area contributed by atoms with Gasteiger partial charge in [0.25, 0.3) is 0 Å². The van der Waals surface area contributed by atoms with Crippen molar-refractivity contribution in [3.8, 4) is 0 Å². The first kappa shape index (κ1) is 14.2. The molecule has 0 radical (unpaired) electrons. The van der Waals surface area contributed by atoms with Gasteiger partial charge < -0.3 is 15.6 Å². The maximum Gasteiger partial charge on any atom is 0.336 e. The van der Waals surface area contributed by atoms with E-state index in [2.05, 4.69) is 4.74 Å². The average Bonchev–Trinajstić information content (AvgIpc) is 2.02. The van der Waals surface area contributed by atoms with Gasteiger partial charge in [0.2, 0.25) is 0 Å². The zero-order valence-electron chi connectivity index (χ0n) is 7.32. The number of halogens is 1. The molecular weight excluding hydrogens is 182 g/mol. The maximum atomic E-state index is 10.7. The lowest BCUT2D eigenvalue weighted by molar-refractivity contribution is -0.151. The Morgan fingerprint density at radius 1 is 1.67 bits per heavy atom. The Morgan fingerprint density at radius 3 is 2.50 bits per heavy atom. The number of methoxy groups -OCH3 is 1. The minimum Gasteiger partial charge on any atom is -0.467 e. The first-order valence-electron chi connectivity index (χ1n) is 3.65. The van der Waals surface area contributed by atoms with Crippen LogP contribution in [0.4, 0.5) is 0 Å². The standard InChI is InChI=1S/C7H15NO3.ClH/c1-3-4-5(8)6(9)7(10)11-2;/h5-6,9H,3-4,8H2,1-2H3;1H/t5-,6?;/m0./s1. The molecule has 0 aliphatic rings. The Hall–Kier alpha value is -0.320. The highest BCUT2D eigenvalue weighted by atomic mass is 35.5. The van der Waals surface area contributed by atoms with Crippen LogP contribution in [-0.2, 0) is 9.53 Å². The molecule has 1 unspecified atom stereocenters. The monoisotopic (exact) mass is 197 g/mol. The van der Waals surface area contributed by atoms with Crippen molar-refractivity contribution in [3.05, 3.63) is 0 Å². The lowest BCUT2D eigenvalue weighted by Crippen LogP contribution is -2.40. The van der Waals surface area contributed by atoms with E-state index in [1.807, 2.05) is 6.92 Å². The number of hydrogen-bond donors (Lipinski definition) is 2. The van der Waals surface area contributed by atoms with Crippen LogP contribution < -0.4 is 5.73 Å². The molecule has 0 aromatic rings. The van der Waals surface area contributed by atoms with Crippen LogP contribution in [0.25, 0.3) is 0 Å². The van der Waals surface area contributed by atoms with E-state index in [-0.39, 0.29) is 12.4 Å². The molecule has 0 fully saturated rings. The fraction of sp³-hybridized carbons (Fsp3) is 0.857. The smallest absolute Gasteiger partial charge is 0.336 e. The Morgan fingerprint density at radius 2 is 2.17 bits per heavy atom. The predicted octanol–water partition coefficient (Wildman–Crippen LogP) is 0.0695. The number of ether oxygens (including phenoxy) is 1. The van der Waals surface area contributed by atoms with E-state index in [1.54, 1.807) is 0 Å². The van der Waals surface area contributed by atoms with Crippen molar-refractivity contribution in [2.45, 2.75) is 31.9 Å². The molecule has 3 N–H and O–H groups in total. The molecule has 0 amide bonds. The third-order valence-electron chi connectivity index (χ3n) is 1.47. The van der Waals surface area contributed by atoms with Crippen molar-refractivity contribution >= 4 is 18.4 Å². The minimum absolute atomic E-state index is 0. The van der Waals surface area contributed by atoms with Crippen molar-refractivity contribution in [2.75, 3.05) is 7.11 Å². The Kier molecular flexibility index (Phi) is 8.69. The SMILES string of the molecule is CCC[C@H](N)C(O)C(=O)OC.Cl. The summed E-state index contributed by atoms with van der Waals surface area (Å²) in [4.78, 5) is 10.7. The van der Waals surface area contributed by atoms with Crippen LogP contribution in [0.5, 0.6) is 0 Å². The highest BCUT2D eigenvalue weighted by molar-refractivity contribution is 5.85. The Labute approximate surface area is 78.5 Å². The fourth-order valence-corrected chi connectivity index (χ4v) is 0.787. The average molecular weight is 198 g/mol. The molecule has 0 saturated heterocycles. The van der Waals surface area contributed by atoms with Crippen molar-refractivity contribution in [1.29, 1.82) is 0 Å². The number of nitrogens with two attached hydrogens (primary N) is 1. The number of carbonyl (C=O) groups excluding carboxylic acids is 1. The number of rotatable bonds is 4. The molecule has 0 rings (SSSR count). The van der Waals surface area contributed by atoms with Crippen LogP contribution in [0.15, 0.2) is 0 Å². The van der Waals surface area contributed by atoms with Gasteiger partial charge in [0.15, 0.2) is 6.10 Å². The Balaban J connectivity index is 0. The third-order valence-corrected chi connectivity index (χ3v) is 1.47. The molecule has 0 aliphatic heterocycles. The highest BCUT2D eigenvalue weighted by Gasteiger charge is 2.22. The van der Waals surface area contributed by atoms with Crippen LogP contribution >= 0.6 is 12.4 Å². The molecule has 0 aliphatic carbocycles. The van der Waals surface area contributed by atoms with Crippen molar-refractivity contribution in [2.24, 2.45) is 5.73 Å². The summed E-state index contributed by atoms with van der Waals surface area (Å²) in [6, 6.07) is -0.507. The van der Waals surface area contributed by atoms with Gasteiger partial charge in [-0.05, 0) is 6.42 Å². The van der Waals surface area contributed by atoms with Gasteiger partial charge in [-0.3, -0.25) is 0 Å². The van der Waals surface area contributed by atoms with Gasteiger partial charge in [0.05, 0.1) is 7.11 Å². The van der Waals surface area contributed by atoms with Gasteiger partial charge in [0.1, 0.15) is 0 Å². The number of esters is 1. The molecule has 0 heterocycles. The quantitative estimate of drug-likeness (QED) is 0.626. The third kappa shape index (κ3) is 4.54. The van der Waals surface area contributed by atoms with E-state index in [9.17, 15) is 4.79 Å². The van der Waals surface area contributed by atoms with E-state index >= 15 is 0 Å². The molecule has 0 aromatic heterocycles. The van der Waals surface area contributed by atoms with Crippen molar-refractivity contribution in [1.82, 2.24) is 0 Å². The van der Waals surface area contributed by atoms with Gasteiger partial charge >= 0.3 is 5.97 Å². The first-order chi connectivity index (χ1) is 5.13. The summed E-state index contributed by atoms with van der Waals surface area (Å²) in [6.07, 6.45) is 0.283. The van der Waals surface area contributed by atoms with E-state index in [0.29, 0.717) is 6.42 Å². The van der Waals surface area contributed by atoms with E-state index in [0.717, 1.165) is 6.42 Å². The molecule has 5 heteroatoms. The summed E-state index contributed by atoms with van der Waals surface area (Å²) >= 11 is 0. The molecule has 0 aromatic carbocycles. The topological polar surface area (TPSA) is 72.5 Å². The second kappa shape index (κ2) is 7.34. The van der Waals surface area contributed by atoms with Crippen molar-refractivity contribution < 1.29 is 14.6 Å². The number of aliphatic hydroxyl groups excluding tert-OH is 1. The van der Waals surface area contributed by atoms with E-state index in [1.165, 1.54) is 7.11 Å². The Bertz CT molecular complexity index is 132. The largest absolute Gasteiger partial charge is 0.467 e. The summed E-state index contributed by atoms with van der Waals surface area (Å²) < 4.78 is 4.31. The molecular formula is C7H16ClNO3. The van der Waals surface area contributed by atoms with Gasteiger partial charge in [-0.2, -0.15) is 0 Å². The van der Waals surface area contributed by atoms with Gasteiger partial charge in [-0.15, -0.1) is 12.4 Å². The number of carbonyl (C=O) groups is 1. The molecule has 74 valence electrons. The molecule has 0 saturated carbocycles. The van der Waals surface area contributed by atoms with Crippen LogP contribution in [0, 0.1) is 0 Å². The predicted molar refractivity (Wildman–Crippen MR) is 48.2 cm³/mol. The summed E-state index contributed by atoms with van der Waals surface area (Å²) in [6.45, 7) is 1.93. The normalized spacial score (nSPS) is 14.3.